The van der Waals surface area contributed by atoms with Crippen LogP contribution < -0.4 is 5.32 Å². The van der Waals surface area contributed by atoms with Gasteiger partial charge in [0.25, 0.3) is 0 Å². The molecule has 5 heteroatoms. The van der Waals surface area contributed by atoms with Gasteiger partial charge < -0.3 is 5.32 Å². The maximum absolute atomic E-state index is 3.55. The second kappa shape index (κ2) is 13.7. The van der Waals surface area contributed by atoms with Gasteiger partial charge in [0.15, 0.2) is 0 Å². The lowest BCUT2D eigenvalue weighted by Crippen LogP contribution is -2.29. The van der Waals surface area contributed by atoms with Crippen LogP contribution in [0.25, 0.3) is 0 Å². The molecule has 21 heavy (non-hydrogen) atoms. The third-order valence-corrected chi connectivity index (χ3v) is 4.64. The number of hydrogen-bond donors (Lipinski definition) is 1. The second-order valence-corrected chi connectivity index (χ2v) is 6.41. The molecule has 0 unspecified atom stereocenters. The summed E-state index contributed by atoms with van der Waals surface area (Å²) in [6.07, 6.45) is 3.91. The van der Waals surface area contributed by atoms with E-state index in [-0.39, 0.29) is 24.8 Å². The fourth-order valence-corrected chi connectivity index (χ4v) is 3.34. The van der Waals surface area contributed by atoms with Crippen LogP contribution in [0, 0.1) is 0 Å². The molecule has 0 spiro atoms. The van der Waals surface area contributed by atoms with E-state index in [0.29, 0.717) is 0 Å². The molecule has 1 aromatic carbocycles. The molecule has 1 heterocycles. The molecular weight excluding hydrogens is 323 g/mol. The molecule has 0 aliphatic carbocycles. The fourth-order valence-electron chi connectivity index (χ4n) is 2.46. The molecule has 1 N–H and O–H groups in total. The number of hydrogen-bond acceptors (Lipinski definition) is 3. The predicted molar refractivity (Wildman–Crippen MR) is 100 cm³/mol. The van der Waals surface area contributed by atoms with Crippen molar-refractivity contribution in [2.24, 2.45) is 0 Å². The molecular formula is C16H28Cl2N2S. The van der Waals surface area contributed by atoms with Crippen molar-refractivity contribution in [3.63, 3.8) is 0 Å². The van der Waals surface area contributed by atoms with E-state index in [1.165, 1.54) is 56.0 Å². The first kappa shape index (κ1) is 21.1. The number of thioether (sulfide) groups is 1. The SMILES string of the molecule is Cl.Cl.c1ccc(CN2CCCNCCCSCCC2)cc1. The monoisotopic (exact) mass is 350 g/mol. The van der Waals surface area contributed by atoms with Gasteiger partial charge in [0, 0.05) is 6.54 Å². The first-order valence-electron chi connectivity index (χ1n) is 7.50. The molecule has 1 aliphatic heterocycles. The summed E-state index contributed by atoms with van der Waals surface area (Å²) in [5.41, 5.74) is 1.44. The van der Waals surface area contributed by atoms with Crippen molar-refractivity contribution in [1.82, 2.24) is 10.2 Å². The van der Waals surface area contributed by atoms with Crippen molar-refractivity contribution >= 4 is 36.6 Å². The molecule has 122 valence electrons. The number of halogens is 2. The highest BCUT2D eigenvalue weighted by atomic mass is 35.5. The van der Waals surface area contributed by atoms with Gasteiger partial charge in [0.05, 0.1) is 0 Å². The Morgan fingerprint density at radius 2 is 1.57 bits per heavy atom. The summed E-state index contributed by atoms with van der Waals surface area (Å²) < 4.78 is 0. The highest BCUT2D eigenvalue weighted by Gasteiger charge is 2.06. The molecule has 0 aromatic heterocycles. The lowest BCUT2D eigenvalue weighted by molar-refractivity contribution is 0.262. The van der Waals surface area contributed by atoms with Gasteiger partial charge in [-0.1, -0.05) is 30.3 Å². The summed E-state index contributed by atoms with van der Waals surface area (Å²) in [7, 11) is 0. The van der Waals surface area contributed by atoms with Gasteiger partial charge in [-0.3, -0.25) is 4.90 Å². The number of benzene rings is 1. The Morgan fingerprint density at radius 3 is 2.38 bits per heavy atom. The smallest absolute Gasteiger partial charge is 0.0233 e. The van der Waals surface area contributed by atoms with Crippen molar-refractivity contribution in [3.05, 3.63) is 35.9 Å². The van der Waals surface area contributed by atoms with Gasteiger partial charge in [0.2, 0.25) is 0 Å². The van der Waals surface area contributed by atoms with E-state index in [0.717, 1.165) is 13.1 Å². The summed E-state index contributed by atoms with van der Waals surface area (Å²) in [5, 5.41) is 3.55. The molecule has 1 aromatic rings. The Balaban J connectivity index is 0.00000200. The van der Waals surface area contributed by atoms with Crippen LogP contribution >= 0.6 is 36.6 Å². The van der Waals surface area contributed by atoms with E-state index >= 15 is 0 Å². The van der Waals surface area contributed by atoms with E-state index in [4.69, 9.17) is 0 Å². The van der Waals surface area contributed by atoms with Crippen LogP contribution in [0.15, 0.2) is 30.3 Å². The highest BCUT2D eigenvalue weighted by Crippen LogP contribution is 2.09. The summed E-state index contributed by atoms with van der Waals surface area (Å²) in [6, 6.07) is 10.9. The highest BCUT2D eigenvalue weighted by molar-refractivity contribution is 7.99. The quantitative estimate of drug-likeness (QED) is 0.872. The normalized spacial score (nSPS) is 18.5. The predicted octanol–water partition coefficient (Wildman–Crippen LogP) is 3.84. The summed E-state index contributed by atoms with van der Waals surface area (Å²) >= 11 is 2.11. The second-order valence-electron chi connectivity index (χ2n) is 5.18. The zero-order valence-electron chi connectivity index (χ0n) is 12.6. The maximum atomic E-state index is 3.55. The van der Waals surface area contributed by atoms with Crippen molar-refractivity contribution in [2.45, 2.75) is 25.8 Å². The zero-order valence-corrected chi connectivity index (χ0v) is 15.1. The van der Waals surface area contributed by atoms with Gasteiger partial charge >= 0.3 is 0 Å². The average Bonchev–Trinajstić information content (AvgIpc) is 2.43. The molecule has 0 radical (unpaired) electrons. The number of rotatable bonds is 2. The first-order chi connectivity index (χ1) is 9.45. The fraction of sp³-hybridized carbons (Fsp3) is 0.625. The topological polar surface area (TPSA) is 15.3 Å². The maximum Gasteiger partial charge on any atom is 0.0233 e. The molecule has 1 fully saturated rings. The Labute approximate surface area is 146 Å². The average molecular weight is 351 g/mol. The van der Waals surface area contributed by atoms with E-state index in [1.807, 2.05) is 0 Å². The van der Waals surface area contributed by atoms with Crippen LogP contribution in [0.2, 0.25) is 0 Å². The van der Waals surface area contributed by atoms with E-state index in [1.54, 1.807) is 0 Å². The Kier molecular flexibility index (Phi) is 13.8. The lowest BCUT2D eigenvalue weighted by atomic mass is 10.2. The van der Waals surface area contributed by atoms with Crippen LogP contribution in [0.4, 0.5) is 0 Å². The lowest BCUT2D eigenvalue weighted by Gasteiger charge is -2.23. The minimum Gasteiger partial charge on any atom is -0.317 e. The molecule has 0 atom stereocenters. The van der Waals surface area contributed by atoms with Crippen LogP contribution in [-0.2, 0) is 6.54 Å². The Morgan fingerprint density at radius 1 is 0.905 bits per heavy atom. The van der Waals surface area contributed by atoms with Gasteiger partial charge in [0.1, 0.15) is 0 Å². The van der Waals surface area contributed by atoms with Crippen LogP contribution in [0.5, 0.6) is 0 Å². The van der Waals surface area contributed by atoms with Gasteiger partial charge in [-0.2, -0.15) is 11.8 Å². The van der Waals surface area contributed by atoms with Crippen LogP contribution in [-0.4, -0.2) is 42.6 Å². The molecule has 1 aliphatic rings. The number of nitrogens with one attached hydrogen (secondary N) is 1. The van der Waals surface area contributed by atoms with Gasteiger partial charge in [-0.15, -0.1) is 24.8 Å². The molecule has 0 bridgehead atoms. The first-order valence-corrected chi connectivity index (χ1v) is 8.65. The largest absolute Gasteiger partial charge is 0.317 e. The molecule has 2 rings (SSSR count). The van der Waals surface area contributed by atoms with Crippen molar-refractivity contribution in [1.29, 1.82) is 0 Å². The Bertz CT molecular complexity index is 326. The summed E-state index contributed by atoms with van der Waals surface area (Å²) in [5.74, 6) is 2.62. The molecule has 1 saturated heterocycles. The zero-order chi connectivity index (χ0) is 13.2. The third kappa shape index (κ3) is 9.64. The van der Waals surface area contributed by atoms with Crippen molar-refractivity contribution in [3.8, 4) is 0 Å². The standard InChI is InChI=1S/C16H26N2S.2ClH/c1-2-7-16(8-3-1)15-18-11-4-9-17-10-5-13-19-14-6-12-18;;/h1-3,7-8,17H,4-6,9-15H2;2*1H. The van der Waals surface area contributed by atoms with Gasteiger partial charge in [-0.25, -0.2) is 0 Å². The minimum atomic E-state index is 0. The van der Waals surface area contributed by atoms with Gasteiger partial charge in [-0.05, 0) is 62.5 Å². The van der Waals surface area contributed by atoms with Crippen molar-refractivity contribution < 1.29 is 0 Å². The number of nitrogens with zero attached hydrogens (tertiary/aromatic N) is 1. The minimum absolute atomic E-state index is 0. The van der Waals surface area contributed by atoms with Crippen LogP contribution in [0.1, 0.15) is 24.8 Å². The van der Waals surface area contributed by atoms with Crippen molar-refractivity contribution in [2.75, 3.05) is 37.7 Å². The summed E-state index contributed by atoms with van der Waals surface area (Å²) in [4.78, 5) is 2.61. The summed E-state index contributed by atoms with van der Waals surface area (Å²) in [6.45, 7) is 5.90. The van der Waals surface area contributed by atoms with Crippen LogP contribution in [0.3, 0.4) is 0 Å². The molecule has 0 amide bonds. The Hall–Kier alpha value is 0.0700. The van der Waals surface area contributed by atoms with E-state index < -0.39 is 0 Å². The van der Waals surface area contributed by atoms with E-state index in [9.17, 15) is 0 Å². The van der Waals surface area contributed by atoms with E-state index in [2.05, 4.69) is 52.3 Å². The molecule has 0 saturated carbocycles. The third-order valence-electron chi connectivity index (χ3n) is 3.48. The molecule has 2 nitrogen and oxygen atoms in total.